The molecule has 0 amide bonds. The van der Waals surface area contributed by atoms with Gasteiger partial charge in [-0.2, -0.15) is 0 Å². The topological polar surface area (TPSA) is 20.7 Å². The van der Waals surface area contributed by atoms with Crippen molar-refractivity contribution in [2.24, 2.45) is 0 Å². The first-order valence-corrected chi connectivity index (χ1v) is 13.3. The lowest BCUT2D eigenvalue weighted by Crippen LogP contribution is -2.05. The summed E-state index contributed by atoms with van der Waals surface area (Å²) in [7, 11) is 0. The molecule has 2 heterocycles. The zero-order valence-corrected chi connectivity index (χ0v) is 20.9. The molecule has 1 N–H and O–H groups in total. The van der Waals surface area contributed by atoms with Crippen LogP contribution in [0.2, 0.25) is 0 Å². The van der Waals surface area contributed by atoms with Gasteiger partial charge in [0.15, 0.2) is 0 Å². The molecule has 5 aromatic carbocycles. The largest absolute Gasteiger partial charge is 0.355 e. The van der Waals surface area contributed by atoms with Gasteiger partial charge in [-0.25, -0.2) is 0 Å². The Labute approximate surface area is 221 Å². The molecule has 7 aromatic rings. The van der Waals surface area contributed by atoms with Crippen molar-refractivity contribution in [1.29, 1.82) is 0 Å². The number of para-hydroxylation sites is 2. The minimum atomic E-state index is 0.346. The smallest absolute Gasteiger partial charge is 0.0541 e. The minimum absolute atomic E-state index is 0.346. The van der Waals surface area contributed by atoms with Crippen molar-refractivity contribution in [3.05, 3.63) is 144 Å². The van der Waals surface area contributed by atoms with Crippen LogP contribution < -0.4 is 0 Å². The Morgan fingerprint density at radius 3 is 2.16 bits per heavy atom. The maximum absolute atomic E-state index is 3.59. The van der Waals surface area contributed by atoms with Crippen LogP contribution in [0.25, 0.3) is 55.6 Å². The molecule has 0 saturated carbocycles. The van der Waals surface area contributed by atoms with E-state index in [0.29, 0.717) is 5.92 Å². The monoisotopic (exact) mass is 486 g/mol. The van der Waals surface area contributed by atoms with Gasteiger partial charge in [-0.3, -0.25) is 0 Å². The Morgan fingerprint density at radius 2 is 1.32 bits per heavy atom. The zero-order chi connectivity index (χ0) is 25.1. The van der Waals surface area contributed by atoms with Crippen molar-refractivity contribution >= 4 is 38.8 Å². The Kier molecular flexibility index (Phi) is 4.68. The van der Waals surface area contributed by atoms with Crippen molar-refractivity contribution < 1.29 is 0 Å². The third-order valence-electron chi connectivity index (χ3n) is 8.10. The van der Waals surface area contributed by atoms with E-state index in [9.17, 15) is 0 Å². The summed E-state index contributed by atoms with van der Waals surface area (Å²) in [6.07, 6.45) is 5.65. The van der Waals surface area contributed by atoms with Crippen LogP contribution in [0.4, 0.5) is 0 Å². The van der Waals surface area contributed by atoms with Crippen molar-refractivity contribution in [1.82, 2.24) is 9.55 Å². The zero-order valence-electron chi connectivity index (χ0n) is 20.9. The second kappa shape index (κ2) is 8.36. The number of hydrogen-bond donors (Lipinski definition) is 1. The highest BCUT2D eigenvalue weighted by molar-refractivity contribution is 6.10. The van der Waals surface area contributed by atoms with Crippen LogP contribution in [0.5, 0.6) is 0 Å². The molecule has 0 aliphatic heterocycles. The number of hydrogen-bond acceptors (Lipinski definition) is 0. The fourth-order valence-electron chi connectivity index (χ4n) is 6.25. The van der Waals surface area contributed by atoms with Crippen molar-refractivity contribution in [3.8, 4) is 16.8 Å². The Balaban J connectivity index is 1.32. The maximum atomic E-state index is 3.59. The standard InChI is InChI=1S/C36H26N2/c1-3-9-24(10-4-1)25-16-19-35-31(22-25)32-23-27(17-20-36(32)38(35)28-11-5-2-6-12-28)26-15-18-34-30(21-26)29-13-7-8-14-33(29)37-34/h1-20,22-23,26,37H,21H2. The molecule has 0 spiro atoms. The number of fused-ring (bicyclic) bond motifs is 6. The van der Waals surface area contributed by atoms with Crippen LogP contribution in [0.3, 0.4) is 0 Å². The number of nitrogens with zero attached hydrogens (tertiary/aromatic N) is 1. The predicted octanol–water partition coefficient (Wildman–Crippen LogP) is 9.29. The molecule has 0 fully saturated rings. The van der Waals surface area contributed by atoms with E-state index in [1.807, 2.05) is 0 Å². The van der Waals surface area contributed by atoms with Gasteiger partial charge in [-0.15, -0.1) is 0 Å². The Hall–Kier alpha value is -4.82. The molecule has 1 atom stereocenters. The van der Waals surface area contributed by atoms with Crippen LogP contribution >= 0.6 is 0 Å². The number of aromatic amines is 1. The molecule has 0 saturated heterocycles. The summed E-state index contributed by atoms with van der Waals surface area (Å²) in [5, 5.41) is 3.93. The summed E-state index contributed by atoms with van der Waals surface area (Å²) < 4.78 is 2.40. The fraction of sp³-hybridized carbons (Fsp3) is 0.0556. The molecular weight excluding hydrogens is 460 g/mol. The van der Waals surface area contributed by atoms with E-state index in [1.54, 1.807) is 0 Å². The van der Waals surface area contributed by atoms with E-state index < -0.39 is 0 Å². The number of benzene rings is 5. The molecule has 2 nitrogen and oxygen atoms in total. The summed E-state index contributed by atoms with van der Waals surface area (Å²) in [6, 6.07) is 44.0. The number of nitrogens with one attached hydrogen (secondary N) is 1. The lowest BCUT2D eigenvalue weighted by atomic mass is 9.86. The first kappa shape index (κ1) is 21.3. The van der Waals surface area contributed by atoms with Gasteiger partial charge in [0.1, 0.15) is 0 Å². The number of H-pyrrole nitrogens is 1. The van der Waals surface area contributed by atoms with Crippen LogP contribution in [0.1, 0.15) is 22.7 Å². The van der Waals surface area contributed by atoms with Gasteiger partial charge in [0, 0.05) is 39.0 Å². The van der Waals surface area contributed by atoms with E-state index in [4.69, 9.17) is 0 Å². The van der Waals surface area contributed by atoms with Gasteiger partial charge in [-0.05, 0) is 77.2 Å². The van der Waals surface area contributed by atoms with E-state index in [1.165, 1.54) is 66.3 Å². The van der Waals surface area contributed by atoms with Gasteiger partial charge < -0.3 is 9.55 Å². The highest BCUT2D eigenvalue weighted by atomic mass is 15.0. The van der Waals surface area contributed by atoms with Gasteiger partial charge in [0.25, 0.3) is 0 Å². The highest BCUT2D eigenvalue weighted by Crippen LogP contribution is 2.39. The normalized spacial score (nSPS) is 14.9. The second-order valence-corrected chi connectivity index (χ2v) is 10.3. The van der Waals surface area contributed by atoms with Crippen molar-refractivity contribution in [2.75, 3.05) is 0 Å². The molecule has 1 unspecified atom stereocenters. The number of allylic oxidation sites excluding steroid dienone is 1. The molecule has 2 heteroatoms. The maximum Gasteiger partial charge on any atom is 0.0541 e. The SMILES string of the molecule is C1=CC(c2ccc3c(c2)c2cc(-c4ccccc4)ccc2n3-c2ccccc2)Cc2c1[nH]c1ccccc21. The van der Waals surface area contributed by atoms with Crippen molar-refractivity contribution in [2.45, 2.75) is 12.3 Å². The third kappa shape index (κ3) is 3.27. The highest BCUT2D eigenvalue weighted by Gasteiger charge is 2.21. The summed E-state index contributed by atoms with van der Waals surface area (Å²) >= 11 is 0. The summed E-state index contributed by atoms with van der Waals surface area (Å²) in [5.74, 6) is 0.346. The fourth-order valence-corrected chi connectivity index (χ4v) is 6.25. The van der Waals surface area contributed by atoms with Crippen LogP contribution in [0.15, 0.2) is 127 Å². The average molecular weight is 487 g/mol. The molecule has 1 aliphatic carbocycles. The molecule has 1 aliphatic rings. The lowest BCUT2D eigenvalue weighted by molar-refractivity contribution is 0.832. The van der Waals surface area contributed by atoms with Crippen LogP contribution in [-0.4, -0.2) is 9.55 Å². The molecule has 0 radical (unpaired) electrons. The third-order valence-corrected chi connectivity index (χ3v) is 8.10. The van der Waals surface area contributed by atoms with Gasteiger partial charge in [-0.1, -0.05) is 84.9 Å². The molecular formula is C36H26N2. The minimum Gasteiger partial charge on any atom is -0.355 e. The quantitative estimate of drug-likeness (QED) is 0.257. The summed E-state index contributed by atoms with van der Waals surface area (Å²) in [5.41, 5.74) is 11.4. The summed E-state index contributed by atoms with van der Waals surface area (Å²) in [6.45, 7) is 0. The van der Waals surface area contributed by atoms with Crippen molar-refractivity contribution in [3.63, 3.8) is 0 Å². The van der Waals surface area contributed by atoms with Crippen LogP contribution in [-0.2, 0) is 6.42 Å². The molecule has 8 rings (SSSR count). The van der Waals surface area contributed by atoms with Gasteiger partial charge in [0.05, 0.1) is 11.0 Å². The first-order chi connectivity index (χ1) is 18.8. The van der Waals surface area contributed by atoms with Crippen LogP contribution in [0, 0.1) is 0 Å². The second-order valence-electron chi connectivity index (χ2n) is 10.3. The number of rotatable bonds is 3. The van der Waals surface area contributed by atoms with E-state index >= 15 is 0 Å². The molecule has 38 heavy (non-hydrogen) atoms. The average Bonchev–Trinajstić information content (AvgIpc) is 3.52. The molecule has 2 aromatic heterocycles. The van der Waals surface area contributed by atoms with Gasteiger partial charge >= 0.3 is 0 Å². The lowest BCUT2D eigenvalue weighted by Gasteiger charge is -2.18. The first-order valence-electron chi connectivity index (χ1n) is 13.3. The number of aromatic nitrogens is 2. The van der Waals surface area contributed by atoms with E-state index in [-0.39, 0.29) is 0 Å². The molecule has 0 bridgehead atoms. The Bertz CT molecular complexity index is 1990. The Morgan fingerprint density at radius 1 is 0.605 bits per heavy atom. The summed E-state index contributed by atoms with van der Waals surface area (Å²) in [4.78, 5) is 3.59. The molecule has 180 valence electrons. The van der Waals surface area contributed by atoms with E-state index in [2.05, 4.69) is 143 Å². The van der Waals surface area contributed by atoms with E-state index in [0.717, 1.165) is 6.42 Å². The van der Waals surface area contributed by atoms with Gasteiger partial charge in [0.2, 0.25) is 0 Å². The predicted molar refractivity (Wildman–Crippen MR) is 160 cm³/mol.